The number of hydrogen-bond acceptors (Lipinski definition) is 4. The average molecular weight is 193 g/mol. The fourth-order valence-electron chi connectivity index (χ4n) is 1.10. The molecular weight excluding hydrogens is 186 g/mol. The van der Waals surface area contributed by atoms with Crippen LogP contribution < -0.4 is 4.74 Å². The Bertz CT molecular complexity index is 450. The molecule has 0 fully saturated rings. The molecule has 0 aliphatic heterocycles. The van der Waals surface area contributed by atoms with Crippen molar-refractivity contribution in [2.24, 2.45) is 0 Å². The van der Waals surface area contributed by atoms with Crippen molar-refractivity contribution >= 4 is 27.8 Å². The van der Waals surface area contributed by atoms with Gasteiger partial charge in [-0.1, -0.05) is 0 Å². The molecule has 4 heteroatoms. The number of ether oxygens (including phenoxy) is 1. The highest BCUT2D eigenvalue weighted by Gasteiger charge is 2.03. The molecule has 0 aliphatic rings. The number of aldehydes is 1. The predicted octanol–water partition coefficient (Wildman–Crippen LogP) is 2.12. The molecule has 0 bridgehead atoms. The number of benzene rings is 1. The van der Waals surface area contributed by atoms with Crippen LogP contribution in [-0.4, -0.2) is 18.4 Å². The first-order valence-corrected chi connectivity index (χ1v) is 4.55. The number of methoxy groups -OCH3 is 1. The minimum atomic E-state index is 0.503. The summed E-state index contributed by atoms with van der Waals surface area (Å²) in [6, 6.07) is 5.55. The molecule has 3 nitrogen and oxygen atoms in total. The first-order chi connectivity index (χ1) is 6.33. The van der Waals surface area contributed by atoms with E-state index < -0.39 is 0 Å². The van der Waals surface area contributed by atoms with E-state index in [1.54, 1.807) is 7.11 Å². The summed E-state index contributed by atoms with van der Waals surface area (Å²) in [5, 5.41) is 0.503. The lowest BCUT2D eigenvalue weighted by Crippen LogP contribution is -1.80. The van der Waals surface area contributed by atoms with Gasteiger partial charge >= 0.3 is 0 Å². The summed E-state index contributed by atoms with van der Waals surface area (Å²) in [7, 11) is 1.61. The second kappa shape index (κ2) is 3.14. The van der Waals surface area contributed by atoms with Gasteiger partial charge in [0, 0.05) is 0 Å². The van der Waals surface area contributed by atoms with Gasteiger partial charge < -0.3 is 4.74 Å². The van der Waals surface area contributed by atoms with Crippen molar-refractivity contribution in [3.8, 4) is 5.75 Å². The fourth-order valence-corrected chi connectivity index (χ4v) is 1.91. The van der Waals surface area contributed by atoms with Crippen molar-refractivity contribution in [3.05, 3.63) is 23.2 Å². The Morgan fingerprint density at radius 2 is 2.38 bits per heavy atom. The molecule has 0 aliphatic carbocycles. The molecule has 1 aromatic carbocycles. The maximum absolute atomic E-state index is 10.4. The van der Waals surface area contributed by atoms with Crippen LogP contribution in [0, 0.1) is 0 Å². The molecule has 0 atom stereocenters. The first kappa shape index (κ1) is 8.19. The van der Waals surface area contributed by atoms with E-state index in [-0.39, 0.29) is 0 Å². The van der Waals surface area contributed by atoms with E-state index in [1.165, 1.54) is 11.3 Å². The van der Waals surface area contributed by atoms with Crippen LogP contribution in [0.3, 0.4) is 0 Å². The number of fused-ring (bicyclic) bond motifs is 1. The highest BCUT2D eigenvalue weighted by molar-refractivity contribution is 7.20. The summed E-state index contributed by atoms with van der Waals surface area (Å²) >= 11 is 1.37. The van der Waals surface area contributed by atoms with Crippen LogP contribution in [0.5, 0.6) is 5.75 Å². The molecule has 1 aromatic heterocycles. The van der Waals surface area contributed by atoms with Crippen molar-refractivity contribution in [1.82, 2.24) is 4.98 Å². The summed E-state index contributed by atoms with van der Waals surface area (Å²) in [5.74, 6) is 0.786. The van der Waals surface area contributed by atoms with Gasteiger partial charge in [-0.2, -0.15) is 0 Å². The van der Waals surface area contributed by atoms with Gasteiger partial charge in [-0.15, -0.1) is 11.3 Å². The van der Waals surface area contributed by atoms with Crippen molar-refractivity contribution in [2.75, 3.05) is 7.11 Å². The van der Waals surface area contributed by atoms with Crippen molar-refractivity contribution in [2.45, 2.75) is 0 Å². The molecule has 0 saturated carbocycles. The maximum Gasteiger partial charge on any atom is 0.178 e. The van der Waals surface area contributed by atoms with Gasteiger partial charge in [-0.3, -0.25) is 4.79 Å². The quantitative estimate of drug-likeness (QED) is 0.686. The molecule has 66 valence electrons. The van der Waals surface area contributed by atoms with Gasteiger partial charge in [-0.25, -0.2) is 4.98 Å². The van der Waals surface area contributed by atoms with E-state index in [0.717, 1.165) is 22.3 Å². The standard InChI is InChI=1S/C9H7NO2S/c1-12-6-2-3-7-8(4-6)13-9(5-11)10-7/h2-5H,1H3. The van der Waals surface area contributed by atoms with Gasteiger partial charge in [0.15, 0.2) is 11.3 Å². The smallest absolute Gasteiger partial charge is 0.178 e. The highest BCUT2D eigenvalue weighted by Crippen LogP contribution is 2.25. The lowest BCUT2D eigenvalue weighted by atomic mass is 10.3. The molecule has 1 heterocycles. The summed E-state index contributed by atoms with van der Waals surface area (Å²) < 4.78 is 6.03. The molecule has 0 unspecified atom stereocenters. The normalized spacial score (nSPS) is 10.2. The Morgan fingerprint density at radius 1 is 1.54 bits per heavy atom. The monoisotopic (exact) mass is 193 g/mol. The molecule has 2 aromatic rings. The van der Waals surface area contributed by atoms with E-state index in [1.807, 2.05) is 18.2 Å². The Hall–Kier alpha value is -1.42. The van der Waals surface area contributed by atoms with Crippen LogP contribution in [0.1, 0.15) is 9.80 Å². The largest absolute Gasteiger partial charge is 0.497 e. The molecule has 13 heavy (non-hydrogen) atoms. The van der Waals surface area contributed by atoms with Gasteiger partial charge in [0.2, 0.25) is 0 Å². The van der Waals surface area contributed by atoms with Crippen LogP contribution in [0.4, 0.5) is 0 Å². The van der Waals surface area contributed by atoms with E-state index >= 15 is 0 Å². The number of hydrogen-bond donors (Lipinski definition) is 0. The van der Waals surface area contributed by atoms with Crippen molar-refractivity contribution < 1.29 is 9.53 Å². The van der Waals surface area contributed by atoms with E-state index in [9.17, 15) is 4.79 Å². The average Bonchev–Trinajstić information content (AvgIpc) is 2.58. The third-order valence-corrected chi connectivity index (χ3v) is 2.66. The van der Waals surface area contributed by atoms with Gasteiger partial charge in [0.05, 0.1) is 17.3 Å². The molecular formula is C9H7NO2S. The van der Waals surface area contributed by atoms with Crippen molar-refractivity contribution in [3.63, 3.8) is 0 Å². The number of aromatic nitrogens is 1. The first-order valence-electron chi connectivity index (χ1n) is 3.73. The second-order valence-corrected chi connectivity index (χ2v) is 3.57. The summed E-state index contributed by atoms with van der Waals surface area (Å²) in [6.07, 6.45) is 0.761. The molecule has 0 N–H and O–H groups in total. The number of carbonyl (C=O) groups is 1. The number of rotatable bonds is 2. The Kier molecular flexibility index (Phi) is 1.98. The zero-order valence-corrected chi connectivity index (χ0v) is 7.80. The number of thiazole rings is 1. The topological polar surface area (TPSA) is 39.2 Å². The summed E-state index contributed by atoms with van der Waals surface area (Å²) in [6.45, 7) is 0. The van der Waals surface area contributed by atoms with Gasteiger partial charge in [0.25, 0.3) is 0 Å². The van der Waals surface area contributed by atoms with E-state index in [4.69, 9.17) is 4.74 Å². The minimum absolute atomic E-state index is 0.503. The molecule has 0 amide bonds. The van der Waals surface area contributed by atoms with Crippen LogP contribution in [0.2, 0.25) is 0 Å². The Balaban J connectivity index is 2.63. The minimum Gasteiger partial charge on any atom is -0.497 e. The van der Waals surface area contributed by atoms with Crippen LogP contribution >= 0.6 is 11.3 Å². The van der Waals surface area contributed by atoms with Crippen LogP contribution in [-0.2, 0) is 0 Å². The molecule has 0 spiro atoms. The zero-order valence-electron chi connectivity index (χ0n) is 6.98. The number of nitrogens with zero attached hydrogens (tertiary/aromatic N) is 1. The third kappa shape index (κ3) is 1.40. The Labute approximate surface area is 79.0 Å². The predicted molar refractivity (Wildman–Crippen MR) is 51.6 cm³/mol. The molecule has 0 radical (unpaired) electrons. The summed E-state index contributed by atoms with van der Waals surface area (Å²) in [5.41, 5.74) is 0.841. The van der Waals surface area contributed by atoms with Crippen LogP contribution in [0.15, 0.2) is 18.2 Å². The van der Waals surface area contributed by atoms with Crippen LogP contribution in [0.25, 0.3) is 10.2 Å². The molecule has 2 rings (SSSR count). The second-order valence-electron chi connectivity index (χ2n) is 2.50. The lowest BCUT2D eigenvalue weighted by Gasteiger charge is -1.96. The van der Waals surface area contributed by atoms with Gasteiger partial charge in [-0.05, 0) is 18.2 Å². The van der Waals surface area contributed by atoms with Crippen molar-refractivity contribution in [1.29, 1.82) is 0 Å². The maximum atomic E-state index is 10.4. The fraction of sp³-hybridized carbons (Fsp3) is 0.111. The lowest BCUT2D eigenvalue weighted by molar-refractivity contribution is 0.112. The van der Waals surface area contributed by atoms with E-state index in [0.29, 0.717) is 5.01 Å². The SMILES string of the molecule is COc1ccc2nc(C=O)sc2c1. The number of carbonyl (C=O) groups excluding carboxylic acids is 1. The summed E-state index contributed by atoms with van der Waals surface area (Å²) in [4.78, 5) is 14.5. The Morgan fingerprint density at radius 3 is 3.08 bits per heavy atom. The zero-order chi connectivity index (χ0) is 9.26. The third-order valence-electron chi connectivity index (χ3n) is 1.71. The van der Waals surface area contributed by atoms with E-state index in [2.05, 4.69) is 4.98 Å². The highest BCUT2D eigenvalue weighted by atomic mass is 32.1. The molecule has 0 saturated heterocycles. The van der Waals surface area contributed by atoms with Gasteiger partial charge in [0.1, 0.15) is 5.75 Å².